The van der Waals surface area contributed by atoms with Crippen LogP contribution in [0.4, 0.5) is 0 Å². The molecule has 1 aromatic heterocycles. The van der Waals surface area contributed by atoms with Gasteiger partial charge in [-0.25, -0.2) is 4.79 Å². The number of carboxylic acid groups (broad SMARTS) is 1. The minimum atomic E-state index is -0.875. The Hall–Kier alpha value is -0.610. The van der Waals surface area contributed by atoms with E-state index in [0.29, 0.717) is 5.57 Å². The Morgan fingerprint density at radius 2 is 2.33 bits per heavy atom. The van der Waals surface area contributed by atoms with Crippen LogP contribution in [0.5, 0.6) is 0 Å². The third-order valence-corrected chi connectivity index (χ3v) is 2.86. The smallest absolute Gasteiger partial charge is 0.331 e. The van der Waals surface area contributed by atoms with E-state index < -0.39 is 5.97 Å². The van der Waals surface area contributed by atoms with E-state index >= 15 is 0 Å². The molecule has 0 bridgehead atoms. The zero-order valence-corrected chi connectivity index (χ0v) is 8.78. The van der Waals surface area contributed by atoms with Gasteiger partial charge in [0.05, 0.1) is 3.79 Å². The van der Waals surface area contributed by atoms with Crippen molar-refractivity contribution in [2.75, 3.05) is 0 Å². The third kappa shape index (κ3) is 2.46. The molecule has 0 aliphatic heterocycles. The second-order valence-corrected chi connectivity index (χ2v) is 4.77. The predicted molar refractivity (Wildman–Crippen MR) is 53.3 cm³/mol. The van der Waals surface area contributed by atoms with Gasteiger partial charge in [-0.2, -0.15) is 0 Å². The summed E-state index contributed by atoms with van der Waals surface area (Å²) in [4.78, 5) is 11.4. The molecule has 64 valence electrons. The van der Waals surface area contributed by atoms with Crippen LogP contribution in [0.25, 0.3) is 6.08 Å². The number of halogens is 1. The van der Waals surface area contributed by atoms with Crippen molar-refractivity contribution < 1.29 is 9.90 Å². The first kappa shape index (κ1) is 9.48. The standard InChI is InChI=1S/C8H7BrO2S/c1-5(8(10)11)4-6-2-3-7(9)12-6/h2-4H,1H3,(H,10,11)/b5-4+. The zero-order chi connectivity index (χ0) is 9.14. The molecule has 0 fully saturated rings. The Morgan fingerprint density at radius 3 is 2.75 bits per heavy atom. The number of aliphatic carboxylic acids is 1. The molecule has 2 nitrogen and oxygen atoms in total. The van der Waals surface area contributed by atoms with Gasteiger partial charge in [0.15, 0.2) is 0 Å². The van der Waals surface area contributed by atoms with Crippen molar-refractivity contribution >= 4 is 39.3 Å². The van der Waals surface area contributed by atoms with Crippen molar-refractivity contribution in [1.82, 2.24) is 0 Å². The molecule has 0 unspecified atom stereocenters. The second-order valence-electron chi connectivity index (χ2n) is 2.27. The van der Waals surface area contributed by atoms with Crippen LogP contribution in [-0.2, 0) is 4.79 Å². The van der Waals surface area contributed by atoms with Gasteiger partial charge in [0.2, 0.25) is 0 Å². The van der Waals surface area contributed by atoms with Gasteiger partial charge >= 0.3 is 5.97 Å². The molecule has 0 atom stereocenters. The molecule has 1 rings (SSSR count). The average molecular weight is 247 g/mol. The minimum Gasteiger partial charge on any atom is -0.478 e. The summed E-state index contributed by atoms with van der Waals surface area (Å²) >= 11 is 4.81. The normalized spacial score (nSPS) is 11.7. The van der Waals surface area contributed by atoms with Crippen LogP contribution in [-0.4, -0.2) is 11.1 Å². The van der Waals surface area contributed by atoms with E-state index in [1.807, 2.05) is 12.1 Å². The van der Waals surface area contributed by atoms with Gasteiger partial charge in [-0.1, -0.05) is 0 Å². The number of carbonyl (C=O) groups is 1. The molecule has 1 aromatic rings. The van der Waals surface area contributed by atoms with Gasteiger partial charge in [0, 0.05) is 10.5 Å². The van der Waals surface area contributed by atoms with E-state index in [2.05, 4.69) is 15.9 Å². The Labute approximate surface area is 82.7 Å². The van der Waals surface area contributed by atoms with Crippen molar-refractivity contribution in [1.29, 1.82) is 0 Å². The fourth-order valence-corrected chi connectivity index (χ4v) is 2.11. The third-order valence-electron chi connectivity index (χ3n) is 1.29. The van der Waals surface area contributed by atoms with Crippen LogP contribution >= 0.6 is 27.3 Å². The monoisotopic (exact) mass is 246 g/mol. The molecule has 4 heteroatoms. The fraction of sp³-hybridized carbons (Fsp3) is 0.125. The van der Waals surface area contributed by atoms with Gasteiger partial charge < -0.3 is 5.11 Å². The van der Waals surface area contributed by atoms with Gasteiger partial charge in [-0.15, -0.1) is 11.3 Å². The molecule has 0 aromatic carbocycles. The van der Waals surface area contributed by atoms with Crippen molar-refractivity contribution in [3.8, 4) is 0 Å². The van der Waals surface area contributed by atoms with E-state index in [-0.39, 0.29) is 0 Å². The van der Waals surface area contributed by atoms with Crippen LogP contribution in [0.3, 0.4) is 0 Å². The minimum absolute atomic E-state index is 0.351. The molecule has 0 amide bonds. The Kier molecular flexibility index (Phi) is 3.05. The largest absolute Gasteiger partial charge is 0.478 e. The Morgan fingerprint density at radius 1 is 1.67 bits per heavy atom. The first-order chi connectivity index (χ1) is 5.59. The molecule has 0 radical (unpaired) electrons. The first-order valence-electron chi connectivity index (χ1n) is 3.26. The number of hydrogen-bond donors (Lipinski definition) is 1. The number of hydrogen-bond acceptors (Lipinski definition) is 2. The number of thiophene rings is 1. The maximum atomic E-state index is 10.4. The summed E-state index contributed by atoms with van der Waals surface area (Å²) in [5, 5.41) is 8.57. The molecular weight excluding hydrogens is 240 g/mol. The summed E-state index contributed by atoms with van der Waals surface area (Å²) in [6.45, 7) is 1.58. The fourth-order valence-electron chi connectivity index (χ4n) is 0.681. The molecule has 0 aliphatic carbocycles. The summed E-state index contributed by atoms with van der Waals surface area (Å²) in [7, 11) is 0. The van der Waals surface area contributed by atoms with Gasteiger partial charge in [0.1, 0.15) is 0 Å². The summed E-state index contributed by atoms with van der Waals surface area (Å²) in [6.07, 6.45) is 1.65. The second kappa shape index (κ2) is 3.87. The summed E-state index contributed by atoms with van der Waals surface area (Å²) in [5.41, 5.74) is 0.351. The molecule has 0 aliphatic rings. The molecule has 1 heterocycles. The van der Waals surface area contributed by atoms with Gasteiger partial charge in [-0.3, -0.25) is 0 Å². The summed E-state index contributed by atoms with van der Waals surface area (Å²) < 4.78 is 1.01. The Balaban J connectivity index is 2.87. The SMILES string of the molecule is C/C(=C\c1ccc(Br)s1)C(=O)O. The highest BCUT2D eigenvalue weighted by molar-refractivity contribution is 9.11. The topological polar surface area (TPSA) is 37.3 Å². The molecule has 0 saturated heterocycles. The highest BCUT2D eigenvalue weighted by Crippen LogP contribution is 2.23. The van der Waals surface area contributed by atoms with Crippen LogP contribution in [0.2, 0.25) is 0 Å². The lowest BCUT2D eigenvalue weighted by Crippen LogP contribution is -1.94. The molecule has 1 N–H and O–H groups in total. The van der Waals surface area contributed by atoms with E-state index in [9.17, 15) is 4.79 Å². The van der Waals surface area contributed by atoms with Crippen LogP contribution < -0.4 is 0 Å². The van der Waals surface area contributed by atoms with Crippen LogP contribution in [0.15, 0.2) is 21.5 Å². The molecule has 12 heavy (non-hydrogen) atoms. The maximum Gasteiger partial charge on any atom is 0.331 e. The van der Waals surface area contributed by atoms with Crippen molar-refractivity contribution in [2.45, 2.75) is 6.92 Å². The van der Waals surface area contributed by atoms with Crippen molar-refractivity contribution in [3.63, 3.8) is 0 Å². The lowest BCUT2D eigenvalue weighted by molar-refractivity contribution is -0.132. The highest BCUT2D eigenvalue weighted by atomic mass is 79.9. The van der Waals surface area contributed by atoms with Crippen molar-refractivity contribution in [2.24, 2.45) is 0 Å². The number of rotatable bonds is 2. The molecular formula is C8H7BrO2S. The lowest BCUT2D eigenvalue weighted by Gasteiger charge is -1.89. The van der Waals surface area contributed by atoms with E-state index in [1.165, 1.54) is 11.3 Å². The average Bonchev–Trinajstić information content (AvgIpc) is 2.35. The summed E-state index contributed by atoms with van der Waals surface area (Å²) in [5.74, 6) is -0.875. The van der Waals surface area contributed by atoms with Gasteiger partial charge in [-0.05, 0) is 41.1 Å². The van der Waals surface area contributed by atoms with E-state index in [4.69, 9.17) is 5.11 Å². The lowest BCUT2D eigenvalue weighted by atomic mass is 10.2. The molecule has 0 spiro atoms. The van der Waals surface area contributed by atoms with Crippen molar-refractivity contribution in [3.05, 3.63) is 26.4 Å². The highest BCUT2D eigenvalue weighted by Gasteiger charge is 2.00. The predicted octanol–water partition coefficient (Wildman–Crippen LogP) is 3.00. The van der Waals surface area contributed by atoms with Crippen LogP contribution in [0.1, 0.15) is 11.8 Å². The van der Waals surface area contributed by atoms with Gasteiger partial charge in [0.25, 0.3) is 0 Å². The van der Waals surface area contributed by atoms with Crippen LogP contribution in [0, 0.1) is 0 Å². The van der Waals surface area contributed by atoms with E-state index in [1.54, 1.807) is 13.0 Å². The Bertz CT molecular complexity index is 328. The van der Waals surface area contributed by atoms with E-state index in [0.717, 1.165) is 8.66 Å². The molecule has 0 saturated carbocycles. The first-order valence-corrected chi connectivity index (χ1v) is 4.87. The number of carboxylic acids is 1. The zero-order valence-electron chi connectivity index (χ0n) is 6.37. The quantitative estimate of drug-likeness (QED) is 0.815. The summed E-state index contributed by atoms with van der Waals surface area (Å²) in [6, 6.07) is 3.77. The maximum absolute atomic E-state index is 10.4.